The first-order chi connectivity index (χ1) is 8.65. The van der Waals surface area contributed by atoms with E-state index in [0.29, 0.717) is 20.9 Å². The summed E-state index contributed by atoms with van der Waals surface area (Å²) in [6.45, 7) is 0. The third-order valence-electron chi connectivity index (χ3n) is 2.41. The number of hydrogen-bond donors (Lipinski definition) is 1. The zero-order valence-corrected chi connectivity index (χ0v) is 12.0. The van der Waals surface area contributed by atoms with Crippen molar-refractivity contribution in [3.8, 4) is 22.9 Å². The molecule has 6 heteroatoms. The predicted molar refractivity (Wildman–Crippen MR) is 76.1 cm³/mol. The summed E-state index contributed by atoms with van der Waals surface area (Å²) in [6, 6.07) is 5.35. The van der Waals surface area contributed by atoms with Crippen molar-refractivity contribution in [2.45, 2.75) is 0 Å². The molecule has 1 N–H and O–H groups in total. The highest BCUT2D eigenvalue weighted by molar-refractivity contribution is 14.1. The average molecular weight is 358 g/mol. The van der Waals surface area contributed by atoms with Crippen LogP contribution >= 0.6 is 22.6 Å². The Morgan fingerprint density at radius 3 is 2.56 bits per heavy atom. The van der Waals surface area contributed by atoms with Gasteiger partial charge in [-0.1, -0.05) is 0 Å². The Bertz CT molecular complexity index is 625. The van der Waals surface area contributed by atoms with Gasteiger partial charge in [0.15, 0.2) is 11.5 Å². The number of ether oxygens (including phenoxy) is 2. The highest BCUT2D eigenvalue weighted by Crippen LogP contribution is 2.30. The number of benzene rings is 1. The molecule has 0 amide bonds. The number of nitrogens with zero attached hydrogens (tertiary/aromatic N) is 1. The predicted octanol–water partition coefficient (Wildman–Crippen LogP) is 2.06. The minimum absolute atomic E-state index is 0.157. The number of nitrogens with one attached hydrogen (secondary N) is 1. The Hall–Kier alpha value is -1.57. The number of halogens is 1. The lowest BCUT2D eigenvalue weighted by molar-refractivity contribution is 0.355. The van der Waals surface area contributed by atoms with Crippen LogP contribution in [0.4, 0.5) is 0 Å². The quantitative estimate of drug-likeness (QED) is 0.854. The molecule has 1 heterocycles. The molecule has 0 spiro atoms. The molecule has 0 unspecified atom stereocenters. The van der Waals surface area contributed by atoms with Gasteiger partial charge in [-0.05, 0) is 40.8 Å². The van der Waals surface area contributed by atoms with E-state index in [1.54, 1.807) is 26.4 Å². The first-order valence-corrected chi connectivity index (χ1v) is 6.21. The zero-order valence-electron chi connectivity index (χ0n) is 9.86. The maximum absolute atomic E-state index is 11.5. The smallest absolute Gasteiger partial charge is 0.264 e. The van der Waals surface area contributed by atoms with Crippen molar-refractivity contribution in [1.29, 1.82) is 0 Å². The van der Waals surface area contributed by atoms with Crippen LogP contribution in [-0.4, -0.2) is 24.2 Å². The standard InChI is InChI=1S/C12H11IN2O3/c1-17-9-4-3-7(5-10(9)18-2)11-14-6-8(13)12(16)15-11/h3-6H,1-2H3,(H,14,15,16). The molecule has 18 heavy (non-hydrogen) atoms. The van der Waals surface area contributed by atoms with E-state index in [1.165, 1.54) is 6.20 Å². The van der Waals surface area contributed by atoms with E-state index in [2.05, 4.69) is 9.97 Å². The topological polar surface area (TPSA) is 64.2 Å². The lowest BCUT2D eigenvalue weighted by Gasteiger charge is -2.09. The summed E-state index contributed by atoms with van der Waals surface area (Å²) in [5.41, 5.74) is 0.608. The van der Waals surface area contributed by atoms with Crippen LogP contribution < -0.4 is 15.0 Å². The van der Waals surface area contributed by atoms with E-state index >= 15 is 0 Å². The Morgan fingerprint density at radius 1 is 1.22 bits per heavy atom. The molecule has 0 saturated carbocycles. The lowest BCUT2D eigenvalue weighted by Crippen LogP contribution is -2.11. The maximum atomic E-state index is 11.5. The summed E-state index contributed by atoms with van der Waals surface area (Å²) in [5, 5.41) is 0. The van der Waals surface area contributed by atoms with E-state index in [1.807, 2.05) is 28.7 Å². The largest absolute Gasteiger partial charge is 0.493 e. The van der Waals surface area contributed by atoms with Crippen LogP contribution in [0.2, 0.25) is 0 Å². The fourth-order valence-corrected chi connectivity index (χ4v) is 1.78. The van der Waals surface area contributed by atoms with E-state index in [0.717, 1.165) is 5.56 Å². The van der Waals surface area contributed by atoms with Crippen molar-refractivity contribution in [2.75, 3.05) is 14.2 Å². The molecule has 1 aromatic heterocycles. The van der Waals surface area contributed by atoms with Crippen molar-refractivity contribution < 1.29 is 9.47 Å². The van der Waals surface area contributed by atoms with Crippen LogP contribution in [0.5, 0.6) is 11.5 Å². The molecule has 0 aliphatic heterocycles. The third kappa shape index (κ3) is 2.47. The zero-order chi connectivity index (χ0) is 13.1. The van der Waals surface area contributed by atoms with Crippen LogP contribution in [0, 0.1) is 3.57 Å². The van der Waals surface area contributed by atoms with Gasteiger partial charge in [-0.25, -0.2) is 4.98 Å². The molecular formula is C12H11IN2O3. The van der Waals surface area contributed by atoms with Crippen molar-refractivity contribution >= 4 is 22.6 Å². The average Bonchev–Trinajstić information content (AvgIpc) is 2.41. The lowest BCUT2D eigenvalue weighted by atomic mass is 10.2. The Balaban J connectivity index is 2.50. The van der Waals surface area contributed by atoms with E-state index in [-0.39, 0.29) is 5.56 Å². The molecule has 94 valence electrons. The van der Waals surface area contributed by atoms with Gasteiger partial charge in [-0.3, -0.25) is 4.79 Å². The summed E-state index contributed by atoms with van der Waals surface area (Å²) < 4.78 is 10.9. The van der Waals surface area contributed by atoms with Crippen molar-refractivity contribution in [3.05, 3.63) is 38.3 Å². The van der Waals surface area contributed by atoms with Crippen LogP contribution in [-0.2, 0) is 0 Å². The van der Waals surface area contributed by atoms with Gasteiger partial charge in [-0.2, -0.15) is 0 Å². The molecule has 0 aliphatic rings. The number of rotatable bonds is 3. The normalized spacial score (nSPS) is 10.2. The number of aromatic amines is 1. The summed E-state index contributed by atoms with van der Waals surface area (Å²) in [7, 11) is 3.13. The third-order valence-corrected chi connectivity index (χ3v) is 3.18. The van der Waals surface area contributed by atoms with Gasteiger partial charge in [0.25, 0.3) is 5.56 Å². The number of aromatic nitrogens is 2. The first kappa shape index (κ1) is 12.9. The first-order valence-electron chi connectivity index (χ1n) is 5.13. The molecule has 1 aromatic carbocycles. The van der Waals surface area contributed by atoms with E-state index in [9.17, 15) is 4.79 Å². The van der Waals surface area contributed by atoms with Gasteiger partial charge >= 0.3 is 0 Å². The summed E-state index contributed by atoms with van der Waals surface area (Å²) in [6.07, 6.45) is 1.53. The summed E-state index contributed by atoms with van der Waals surface area (Å²) in [4.78, 5) is 18.4. The second kappa shape index (κ2) is 5.38. The highest BCUT2D eigenvalue weighted by atomic mass is 127. The molecule has 0 saturated heterocycles. The Kier molecular flexibility index (Phi) is 3.85. The fraction of sp³-hybridized carbons (Fsp3) is 0.167. The van der Waals surface area contributed by atoms with Gasteiger partial charge < -0.3 is 14.5 Å². The highest BCUT2D eigenvalue weighted by Gasteiger charge is 2.08. The van der Waals surface area contributed by atoms with Gasteiger partial charge in [0.05, 0.1) is 17.8 Å². The van der Waals surface area contributed by atoms with Crippen molar-refractivity contribution in [1.82, 2.24) is 9.97 Å². The van der Waals surface area contributed by atoms with Crippen LogP contribution in [0.3, 0.4) is 0 Å². The minimum Gasteiger partial charge on any atom is -0.493 e. The SMILES string of the molecule is COc1ccc(-c2ncc(I)c(=O)[nH]2)cc1OC. The van der Waals surface area contributed by atoms with E-state index < -0.39 is 0 Å². The fourth-order valence-electron chi connectivity index (χ4n) is 1.51. The van der Waals surface area contributed by atoms with Crippen LogP contribution in [0.25, 0.3) is 11.4 Å². The molecule has 0 radical (unpaired) electrons. The number of methoxy groups -OCH3 is 2. The van der Waals surface area contributed by atoms with Gasteiger partial charge in [-0.15, -0.1) is 0 Å². The van der Waals surface area contributed by atoms with Gasteiger partial charge in [0.1, 0.15) is 5.82 Å². The number of hydrogen-bond acceptors (Lipinski definition) is 4. The number of H-pyrrole nitrogens is 1. The van der Waals surface area contributed by atoms with Crippen molar-refractivity contribution in [3.63, 3.8) is 0 Å². The maximum Gasteiger partial charge on any atom is 0.264 e. The second-order valence-corrected chi connectivity index (χ2v) is 4.64. The molecule has 0 atom stereocenters. The molecule has 5 nitrogen and oxygen atoms in total. The molecule has 2 rings (SSSR count). The monoisotopic (exact) mass is 358 g/mol. The molecule has 0 bridgehead atoms. The van der Waals surface area contributed by atoms with Crippen LogP contribution in [0.1, 0.15) is 0 Å². The van der Waals surface area contributed by atoms with Gasteiger partial charge in [0, 0.05) is 11.8 Å². The summed E-state index contributed by atoms with van der Waals surface area (Å²) in [5.74, 6) is 1.73. The molecule has 2 aromatic rings. The molecule has 0 fully saturated rings. The van der Waals surface area contributed by atoms with Crippen molar-refractivity contribution in [2.24, 2.45) is 0 Å². The minimum atomic E-state index is -0.157. The molecule has 0 aliphatic carbocycles. The summed E-state index contributed by atoms with van der Waals surface area (Å²) >= 11 is 1.93. The van der Waals surface area contributed by atoms with Crippen LogP contribution in [0.15, 0.2) is 29.2 Å². The molecular weight excluding hydrogens is 347 g/mol. The Labute approximate surface area is 117 Å². The second-order valence-electron chi connectivity index (χ2n) is 3.48. The van der Waals surface area contributed by atoms with E-state index in [4.69, 9.17) is 9.47 Å². The Morgan fingerprint density at radius 2 is 1.94 bits per heavy atom. The van der Waals surface area contributed by atoms with Gasteiger partial charge in [0.2, 0.25) is 0 Å².